The van der Waals surface area contributed by atoms with Crippen LogP contribution in [0, 0.1) is 11.3 Å². The van der Waals surface area contributed by atoms with Gasteiger partial charge in [-0.1, -0.05) is 61.5 Å². The van der Waals surface area contributed by atoms with Gasteiger partial charge in [0.05, 0.1) is 23.3 Å². The molecule has 5 amide bonds. The number of aliphatic hydroxyl groups is 2. The van der Waals surface area contributed by atoms with Gasteiger partial charge in [-0.25, -0.2) is 9.59 Å². The molecule has 1 aromatic carbocycles. The van der Waals surface area contributed by atoms with Crippen molar-refractivity contribution in [1.82, 2.24) is 21.3 Å². The average molecular weight is 1020 g/mol. The molecular weight excluding hydrogens is 933 g/mol. The van der Waals surface area contributed by atoms with Crippen molar-refractivity contribution in [3.8, 4) is 5.75 Å². The van der Waals surface area contributed by atoms with Gasteiger partial charge in [-0.3, -0.25) is 28.8 Å². The van der Waals surface area contributed by atoms with E-state index >= 15 is 0 Å². The second kappa shape index (κ2) is 36.8. The zero-order valence-electron chi connectivity index (χ0n) is 44.1. The Morgan fingerprint density at radius 2 is 1.39 bits per heavy atom. The molecule has 1 heterocycles. The lowest BCUT2D eigenvalue weighted by atomic mass is 9.93. The summed E-state index contributed by atoms with van der Waals surface area (Å²) >= 11 is 0. The van der Waals surface area contributed by atoms with E-state index in [0.29, 0.717) is 12.8 Å². The maximum absolute atomic E-state index is 13.4. The molecule has 23 nitrogen and oxygen atoms in total. The van der Waals surface area contributed by atoms with E-state index in [2.05, 4.69) is 52.1 Å². The zero-order chi connectivity index (χ0) is 55.7. The van der Waals surface area contributed by atoms with E-state index in [1.165, 1.54) is 18.2 Å². The third-order valence-corrected chi connectivity index (χ3v) is 8.51. The van der Waals surface area contributed by atoms with Crippen LogP contribution in [0.1, 0.15) is 135 Å². The molecule has 408 valence electrons. The van der Waals surface area contributed by atoms with Gasteiger partial charge in [0.2, 0.25) is 35.3 Å². The largest absolute Gasteiger partial charge is 0.506 e. The van der Waals surface area contributed by atoms with E-state index in [4.69, 9.17) is 35.0 Å². The second-order valence-corrected chi connectivity index (χ2v) is 17.5. The molecule has 3 unspecified atom stereocenters. The number of ether oxygens (including phenoxy) is 4. The SMILES string of the molecule is CC.CC.CC(=O)O.CC(C)C.CCC(=O)NC(CN)C(=O)N[C@@H](CCCCNC(=O)C(C)(C)COC(C)(C)C)C(=O)NCCC(=O)Nc1cc(COC(=O)O)ccc1OC1OC(C(=O)O)=CC(O)[C@H]1O. The predicted molar refractivity (Wildman–Crippen MR) is 265 cm³/mol. The fourth-order valence-corrected chi connectivity index (χ4v) is 5.08. The molecule has 0 aromatic heterocycles. The lowest BCUT2D eigenvalue weighted by molar-refractivity contribution is -0.172. The van der Waals surface area contributed by atoms with Crippen LogP contribution in [0.3, 0.4) is 0 Å². The maximum atomic E-state index is 13.4. The molecule has 0 spiro atoms. The summed E-state index contributed by atoms with van der Waals surface area (Å²) < 4.78 is 21.1. The number of carboxylic acids is 2. The number of anilines is 1. The van der Waals surface area contributed by atoms with Crippen LogP contribution in [0.5, 0.6) is 5.75 Å². The highest BCUT2D eigenvalue weighted by atomic mass is 16.7. The summed E-state index contributed by atoms with van der Waals surface area (Å²) in [6, 6.07) is 1.66. The minimum absolute atomic E-state index is 0.0890. The summed E-state index contributed by atoms with van der Waals surface area (Å²) in [6.07, 6.45) is -5.27. The number of benzene rings is 1. The number of unbranched alkanes of at least 4 members (excludes halogenated alkanes) is 1. The van der Waals surface area contributed by atoms with Crippen LogP contribution in [0.15, 0.2) is 30.0 Å². The Labute approximate surface area is 418 Å². The van der Waals surface area contributed by atoms with Gasteiger partial charge >= 0.3 is 12.1 Å². The number of aliphatic carboxylic acids is 2. The quantitative estimate of drug-likeness (QED) is 0.0544. The number of nitrogens with one attached hydrogen (secondary N) is 5. The molecular formula is C48H84N6O17. The summed E-state index contributed by atoms with van der Waals surface area (Å²) in [6.45, 7) is 25.9. The van der Waals surface area contributed by atoms with Crippen LogP contribution in [0.2, 0.25) is 0 Å². The van der Waals surface area contributed by atoms with Crippen molar-refractivity contribution < 1.29 is 82.8 Å². The minimum Gasteiger partial charge on any atom is -0.481 e. The summed E-state index contributed by atoms with van der Waals surface area (Å²) in [5, 5.41) is 59.2. The van der Waals surface area contributed by atoms with Crippen molar-refractivity contribution in [1.29, 1.82) is 0 Å². The first-order chi connectivity index (χ1) is 33.0. The van der Waals surface area contributed by atoms with Crippen LogP contribution in [-0.2, 0) is 54.4 Å². The summed E-state index contributed by atoms with van der Waals surface area (Å²) in [5.74, 6) is -5.12. The van der Waals surface area contributed by atoms with Gasteiger partial charge in [-0.05, 0) is 83.6 Å². The first-order valence-electron chi connectivity index (χ1n) is 23.7. The molecule has 0 bridgehead atoms. The summed E-state index contributed by atoms with van der Waals surface area (Å²) in [7, 11) is 0. The molecule has 0 fully saturated rings. The molecule has 12 N–H and O–H groups in total. The highest BCUT2D eigenvalue weighted by Gasteiger charge is 2.37. The molecule has 0 aliphatic carbocycles. The Morgan fingerprint density at radius 1 is 0.817 bits per heavy atom. The Hall–Kier alpha value is -6.04. The van der Waals surface area contributed by atoms with Crippen LogP contribution >= 0.6 is 0 Å². The number of carbonyl (C=O) groups excluding carboxylic acids is 5. The van der Waals surface area contributed by atoms with Crippen molar-refractivity contribution in [2.24, 2.45) is 17.1 Å². The Morgan fingerprint density at radius 3 is 1.90 bits per heavy atom. The van der Waals surface area contributed by atoms with E-state index in [-0.39, 0.29) is 68.4 Å². The first-order valence-corrected chi connectivity index (χ1v) is 23.7. The first kappa shape index (κ1) is 69.2. The highest BCUT2D eigenvalue weighted by molar-refractivity contribution is 5.94. The predicted octanol–water partition coefficient (Wildman–Crippen LogP) is 4.02. The molecule has 1 aliphatic rings. The lowest BCUT2D eigenvalue weighted by Gasteiger charge is -2.31. The molecule has 1 aromatic rings. The van der Waals surface area contributed by atoms with Gasteiger partial charge in [0.15, 0.2) is 6.10 Å². The Balaban J connectivity index is -0.00000348. The molecule has 0 saturated heterocycles. The number of carbonyl (C=O) groups is 8. The lowest BCUT2D eigenvalue weighted by Crippen LogP contribution is -2.56. The summed E-state index contributed by atoms with van der Waals surface area (Å²) in [4.78, 5) is 95.8. The third-order valence-electron chi connectivity index (χ3n) is 8.51. The maximum Gasteiger partial charge on any atom is 0.506 e. The van der Waals surface area contributed by atoms with E-state index in [1.807, 2.05) is 48.5 Å². The number of carboxylic acid groups (broad SMARTS) is 3. The van der Waals surface area contributed by atoms with E-state index in [9.17, 15) is 48.9 Å². The number of aliphatic hydroxyl groups excluding tert-OH is 2. The Bertz CT molecular complexity index is 1830. The molecule has 23 heteroatoms. The minimum atomic E-state index is -1.74. The second-order valence-electron chi connectivity index (χ2n) is 17.5. The number of rotatable bonds is 23. The standard InChI is InChI=1S/C38H58N6O15.C4H10.C2H4O2.2C2H6/c1-7-28(46)43-24(18-39)32(50)44-22(10-8-9-14-41-35(53)38(5,6)20-57-37(2,3)4)31(49)40-15-13-29(47)42-23-16-21(19-56-36(54)55)11-12-26(23)58-34-30(48)25(45)17-27(59-34)33(51)52;1-4(2)3;1-2(3)4;2*1-2/h11-12,16-17,22,24-25,30,34,45,48H,7-10,13-15,18-20,39H2,1-6H3,(H,40,49)(H,41,53)(H,42,47)(H,43,46)(H,44,50)(H,51,52)(H,54,55);4H,1-3H3;1H3,(H,3,4);2*1-2H3/t22-,24?,25?,30+,34?;;;;/m0..../s1. The van der Waals surface area contributed by atoms with Gasteiger partial charge in [-0.2, -0.15) is 0 Å². The molecule has 1 aliphatic heterocycles. The van der Waals surface area contributed by atoms with Crippen LogP contribution in [-0.4, -0.2) is 136 Å². The number of hydrogen-bond acceptors (Lipinski definition) is 15. The fourth-order valence-electron chi connectivity index (χ4n) is 5.08. The van der Waals surface area contributed by atoms with Gasteiger partial charge in [0.1, 0.15) is 30.5 Å². The van der Waals surface area contributed by atoms with Gasteiger partial charge in [-0.15, -0.1) is 0 Å². The van der Waals surface area contributed by atoms with E-state index < -0.39 is 95.7 Å². The van der Waals surface area contributed by atoms with Crippen LogP contribution in [0.4, 0.5) is 10.5 Å². The highest BCUT2D eigenvalue weighted by Crippen LogP contribution is 2.31. The molecule has 0 saturated carbocycles. The molecule has 2 rings (SSSR count). The van der Waals surface area contributed by atoms with Crippen molar-refractivity contribution in [2.75, 3.05) is 31.6 Å². The van der Waals surface area contributed by atoms with Crippen LogP contribution < -0.4 is 37.1 Å². The monoisotopic (exact) mass is 1020 g/mol. The molecule has 5 atom stereocenters. The van der Waals surface area contributed by atoms with Crippen molar-refractivity contribution in [2.45, 2.75) is 172 Å². The van der Waals surface area contributed by atoms with Gasteiger partial charge in [0.25, 0.3) is 12.3 Å². The van der Waals surface area contributed by atoms with Crippen LogP contribution in [0.25, 0.3) is 0 Å². The van der Waals surface area contributed by atoms with Crippen molar-refractivity contribution in [3.05, 3.63) is 35.6 Å². The van der Waals surface area contributed by atoms with Gasteiger partial charge in [0, 0.05) is 39.4 Å². The number of nitrogens with two attached hydrogens (primary N) is 1. The zero-order valence-corrected chi connectivity index (χ0v) is 44.1. The normalized spacial score (nSPS) is 15.6. The van der Waals surface area contributed by atoms with Gasteiger partial charge < -0.3 is 76.8 Å². The average Bonchev–Trinajstić information content (AvgIpc) is 3.28. The smallest absolute Gasteiger partial charge is 0.481 e. The van der Waals surface area contributed by atoms with Crippen molar-refractivity contribution >= 4 is 53.3 Å². The van der Waals surface area contributed by atoms with E-state index in [1.54, 1.807) is 20.8 Å². The number of hydrogen-bond donors (Lipinski definition) is 11. The molecule has 71 heavy (non-hydrogen) atoms. The fraction of sp³-hybridized carbons (Fsp3) is 0.667. The molecule has 0 radical (unpaired) electrons. The van der Waals surface area contributed by atoms with Crippen molar-refractivity contribution in [3.63, 3.8) is 0 Å². The summed E-state index contributed by atoms with van der Waals surface area (Å²) in [5.41, 5.74) is 4.65. The van der Waals surface area contributed by atoms with E-state index in [0.717, 1.165) is 18.9 Å². The number of amides is 5. The third kappa shape index (κ3) is 32.5. The Kier molecular flexibility index (Phi) is 35.9. The topological polar surface area (TPSA) is 361 Å².